The van der Waals surface area contributed by atoms with Crippen LogP contribution in [0.2, 0.25) is 0 Å². The fourth-order valence-corrected chi connectivity index (χ4v) is 4.00. The molecule has 0 aliphatic rings. The van der Waals surface area contributed by atoms with Gasteiger partial charge in [0.15, 0.2) is 0 Å². The molecule has 5 aromatic rings. The van der Waals surface area contributed by atoms with Gasteiger partial charge in [0.1, 0.15) is 0 Å². The van der Waals surface area contributed by atoms with E-state index >= 15 is 0 Å². The van der Waals surface area contributed by atoms with Crippen LogP contribution >= 0.6 is 0 Å². The number of nitrogens with one attached hydrogen (secondary N) is 1. The molecule has 0 saturated carbocycles. The number of nitrogens with zero attached hydrogens (tertiary/aromatic N) is 2. The summed E-state index contributed by atoms with van der Waals surface area (Å²) in [4.78, 5) is 12.8. The van der Waals surface area contributed by atoms with E-state index in [1.54, 1.807) is 0 Å². The SMILES string of the molecule is CC(NC(=O)c1ccc(-n2nc(-c3ccccc3)cc2-c2ccccc2)cc1)c1ccccc1. The van der Waals surface area contributed by atoms with E-state index in [0.717, 1.165) is 33.8 Å². The zero-order valence-electron chi connectivity index (χ0n) is 18.9. The van der Waals surface area contributed by atoms with Gasteiger partial charge in [-0.25, -0.2) is 4.68 Å². The molecule has 1 N–H and O–H groups in total. The van der Waals surface area contributed by atoms with Crippen molar-refractivity contribution in [1.29, 1.82) is 0 Å². The molecule has 0 fully saturated rings. The maximum absolute atomic E-state index is 12.8. The smallest absolute Gasteiger partial charge is 0.251 e. The third-order valence-corrected chi connectivity index (χ3v) is 5.87. The Morgan fingerprint density at radius 2 is 1.29 bits per heavy atom. The molecule has 1 unspecified atom stereocenters. The van der Waals surface area contributed by atoms with Gasteiger partial charge in [0.25, 0.3) is 5.91 Å². The second-order valence-electron chi connectivity index (χ2n) is 8.21. The Morgan fingerprint density at radius 1 is 0.735 bits per heavy atom. The lowest BCUT2D eigenvalue weighted by Crippen LogP contribution is -2.26. The third kappa shape index (κ3) is 4.52. The molecule has 0 saturated heterocycles. The molecule has 5 rings (SSSR count). The number of carbonyl (C=O) groups is 1. The van der Waals surface area contributed by atoms with E-state index in [1.807, 2.05) is 103 Å². The van der Waals surface area contributed by atoms with E-state index in [1.165, 1.54) is 0 Å². The molecule has 0 spiro atoms. The molecule has 34 heavy (non-hydrogen) atoms. The number of hydrogen-bond donors (Lipinski definition) is 1. The van der Waals surface area contributed by atoms with Crippen molar-refractivity contribution in [2.24, 2.45) is 0 Å². The molecule has 4 heteroatoms. The van der Waals surface area contributed by atoms with E-state index in [-0.39, 0.29) is 11.9 Å². The molecular formula is C30H25N3O. The fraction of sp³-hybridized carbons (Fsp3) is 0.0667. The lowest BCUT2D eigenvalue weighted by molar-refractivity contribution is 0.0940. The van der Waals surface area contributed by atoms with Crippen LogP contribution in [0, 0.1) is 0 Å². The van der Waals surface area contributed by atoms with Crippen molar-refractivity contribution in [2.75, 3.05) is 0 Å². The first-order valence-electron chi connectivity index (χ1n) is 11.4. The number of hydrogen-bond acceptors (Lipinski definition) is 2. The highest BCUT2D eigenvalue weighted by molar-refractivity contribution is 5.94. The van der Waals surface area contributed by atoms with Gasteiger partial charge in [0.05, 0.1) is 23.1 Å². The maximum Gasteiger partial charge on any atom is 0.251 e. The predicted molar refractivity (Wildman–Crippen MR) is 137 cm³/mol. The molecule has 4 nitrogen and oxygen atoms in total. The Morgan fingerprint density at radius 3 is 1.91 bits per heavy atom. The Kier molecular flexibility index (Phi) is 6.04. The summed E-state index contributed by atoms with van der Waals surface area (Å²) in [7, 11) is 0. The van der Waals surface area contributed by atoms with Gasteiger partial charge in [-0.15, -0.1) is 0 Å². The summed E-state index contributed by atoms with van der Waals surface area (Å²) in [6.45, 7) is 1.99. The van der Waals surface area contributed by atoms with Crippen molar-refractivity contribution >= 4 is 5.91 Å². The first kappa shape index (κ1) is 21.4. The van der Waals surface area contributed by atoms with Crippen LogP contribution in [0.15, 0.2) is 121 Å². The van der Waals surface area contributed by atoms with Crippen LogP contribution in [-0.4, -0.2) is 15.7 Å². The van der Waals surface area contributed by atoms with Crippen molar-refractivity contribution in [3.05, 3.63) is 132 Å². The van der Waals surface area contributed by atoms with Crippen LogP contribution in [0.4, 0.5) is 0 Å². The molecule has 1 atom stereocenters. The zero-order valence-corrected chi connectivity index (χ0v) is 18.9. The molecule has 166 valence electrons. The Labute approximate surface area is 199 Å². The topological polar surface area (TPSA) is 46.9 Å². The lowest BCUT2D eigenvalue weighted by Gasteiger charge is -2.14. The lowest BCUT2D eigenvalue weighted by atomic mass is 10.1. The Bertz CT molecular complexity index is 1380. The highest BCUT2D eigenvalue weighted by Gasteiger charge is 2.15. The molecule has 4 aromatic carbocycles. The number of benzene rings is 4. The minimum absolute atomic E-state index is 0.0717. The number of rotatable bonds is 6. The van der Waals surface area contributed by atoms with Gasteiger partial charge in [-0.2, -0.15) is 5.10 Å². The Hall–Kier alpha value is -4.44. The van der Waals surface area contributed by atoms with Gasteiger partial charge >= 0.3 is 0 Å². The van der Waals surface area contributed by atoms with Gasteiger partial charge in [-0.05, 0) is 42.8 Å². The highest BCUT2D eigenvalue weighted by atomic mass is 16.1. The minimum Gasteiger partial charge on any atom is -0.346 e. The van der Waals surface area contributed by atoms with E-state index in [2.05, 4.69) is 35.6 Å². The van der Waals surface area contributed by atoms with Crippen LogP contribution in [0.1, 0.15) is 28.9 Å². The Balaban J connectivity index is 1.44. The predicted octanol–water partition coefficient (Wildman–Crippen LogP) is 6.70. The molecule has 0 aliphatic heterocycles. The fourth-order valence-electron chi connectivity index (χ4n) is 4.00. The molecule has 0 aliphatic carbocycles. The number of amides is 1. The van der Waals surface area contributed by atoms with E-state index < -0.39 is 0 Å². The van der Waals surface area contributed by atoms with Gasteiger partial charge in [-0.1, -0.05) is 91.0 Å². The second kappa shape index (κ2) is 9.59. The van der Waals surface area contributed by atoms with Crippen molar-refractivity contribution in [1.82, 2.24) is 15.1 Å². The summed E-state index contributed by atoms with van der Waals surface area (Å²) in [5.41, 5.74) is 6.62. The molecule has 1 aromatic heterocycles. The maximum atomic E-state index is 12.8. The van der Waals surface area contributed by atoms with Crippen LogP contribution in [-0.2, 0) is 0 Å². The second-order valence-corrected chi connectivity index (χ2v) is 8.21. The largest absolute Gasteiger partial charge is 0.346 e. The number of carbonyl (C=O) groups excluding carboxylic acids is 1. The highest BCUT2D eigenvalue weighted by Crippen LogP contribution is 2.28. The summed E-state index contributed by atoms with van der Waals surface area (Å²) >= 11 is 0. The molecule has 0 bridgehead atoms. The standard InChI is InChI=1S/C30H25N3O/c1-22(23-11-5-2-6-12-23)31-30(34)26-17-19-27(20-18-26)33-29(25-15-9-4-10-16-25)21-28(32-33)24-13-7-3-8-14-24/h2-22H,1H3,(H,31,34). The van der Waals surface area contributed by atoms with Crippen molar-refractivity contribution < 1.29 is 4.79 Å². The monoisotopic (exact) mass is 443 g/mol. The minimum atomic E-state index is -0.100. The number of aromatic nitrogens is 2. The van der Waals surface area contributed by atoms with Gasteiger partial charge in [-0.3, -0.25) is 4.79 Å². The summed E-state index contributed by atoms with van der Waals surface area (Å²) in [6, 6.07) is 39.9. The normalized spacial score (nSPS) is 11.7. The van der Waals surface area contributed by atoms with Crippen molar-refractivity contribution in [3.8, 4) is 28.2 Å². The first-order chi connectivity index (χ1) is 16.7. The van der Waals surface area contributed by atoms with E-state index in [9.17, 15) is 4.79 Å². The molecular weight excluding hydrogens is 418 g/mol. The molecule has 0 radical (unpaired) electrons. The van der Waals surface area contributed by atoms with Crippen molar-refractivity contribution in [3.63, 3.8) is 0 Å². The molecule has 1 amide bonds. The van der Waals surface area contributed by atoms with E-state index in [0.29, 0.717) is 5.56 Å². The summed E-state index contributed by atoms with van der Waals surface area (Å²) in [5, 5.41) is 7.98. The van der Waals surface area contributed by atoms with E-state index in [4.69, 9.17) is 5.10 Å². The first-order valence-corrected chi connectivity index (χ1v) is 11.4. The van der Waals surface area contributed by atoms with Crippen LogP contribution in [0.3, 0.4) is 0 Å². The third-order valence-electron chi connectivity index (χ3n) is 5.87. The van der Waals surface area contributed by atoms with Crippen LogP contribution < -0.4 is 5.32 Å². The van der Waals surface area contributed by atoms with Gasteiger partial charge in [0, 0.05) is 16.7 Å². The average Bonchev–Trinajstić information content (AvgIpc) is 3.36. The van der Waals surface area contributed by atoms with Gasteiger partial charge < -0.3 is 5.32 Å². The quantitative estimate of drug-likeness (QED) is 0.317. The summed E-state index contributed by atoms with van der Waals surface area (Å²) in [6.07, 6.45) is 0. The van der Waals surface area contributed by atoms with Crippen LogP contribution in [0.5, 0.6) is 0 Å². The molecule has 1 heterocycles. The van der Waals surface area contributed by atoms with Crippen molar-refractivity contribution in [2.45, 2.75) is 13.0 Å². The summed E-state index contributed by atoms with van der Waals surface area (Å²) < 4.78 is 1.94. The zero-order chi connectivity index (χ0) is 23.3. The van der Waals surface area contributed by atoms with Gasteiger partial charge in [0.2, 0.25) is 0 Å². The average molecular weight is 444 g/mol. The summed E-state index contributed by atoms with van der Waals surface area (Å²) in [5.74, 6) is -0.100. The van der Waals surface area contributed by atoms with Crippen LogP contribution in [0.25, 0.3) is 28.2 Å².